The maximum Gasteiger partial charge on any atom is 0.139 e. The second-order valence-electron chi connectivity index (χ2n) is 2.87. The van der Waals surface area contributed by atoms with E-state index in [2.05, 4.69) is 0 Å². The predicted octanol–water partition coefficient (Wildman–Crippen LogP) is 3.36. The Labute approximate surface area is 79.8 Å². The molecule has 13 heavy (non-hydrogen) atoms. The van der Waals surface area contributed by atoms with E-state index in [0.717, 1.165) is 16.0 Å². The third kappa shape index (κ3) is 1.20. The fraction of sp³-hybridized carbons (Fsp3) is 0.200. The van der Waals surface area contributed by atoms with E-state index in [1.807, 2.05) is 12.3 Å². The number of rotatable bonds is 1. The summed E-state index contributed by atoms with van der Waals surface area (Å²) in [6.45, 7) is 1.85. The van der Waals surface area contributed by atoms with Gasteiger partial charge in [-0.25, -0.2) is 4.39 Å². The Morgan fingerprint density at radius 2 is 2.23 bits per heavy atom. The standard InChI is InChI=1S/C10H9FOS/c1-6-5-8(11)7-3-4-13-10(7)9(6)12-2/h3-5H,1-2H3. The van der Waals surface area contributed by atoms with Gasteiger partial charge in [0.25, 0.3) is 0 Å². The molecule has 3 heteroatoms. The number of ether oxygens (including phenoxy) is 1. The number of fused-ring (bicyclic) bond motifs is 1. The Morgan fingerprint density at radius 1 is 1.46 bits per heavy atom. The molecule has 0 aliphatic heterocycles. The van der Waals surface area contributed by atoms with Crippen molar-refractivity contribution >= 4 is 21.4 Å². The number of hydrogen-bond donors (Lipinski definition) is 0. The summed E-state index contributed by atoms with van der Waals surface area (Å²) in [4.78, 5) is 0. The molecule has 0 N–H and O–H groups in total. The lowest BCUT2D eigenvalue weighted by molar-refractivity contribution is 0.416. The number of benzene rings is 1. The molecule has 0 radical (unpaired) electrons. The maximum absolute atomic E-state index is 13.3. The molecule has 2 aromatic rings. The fourth-order valence-corrected chi connectivity index (χ4v) is 2.42. The normalized spacial score (nSPS) is 10.7. The Morgan fingerprint density at radius 3 is 2.92 bits per heavy atom. The quantitative estimate of drug-likeness (QED) is 0.679. The van der Waals surface area contributed by atoms with E-state index in [1.165, 1.54) is 17.4 Å². The van der Waals surface area contributed by atoms with E-state index < -0.39 is 0 Å². The average molecular weight is 196 g/mol. The third-order valence-corrected chi connectivity index (χ3v) is 2.95. The van der Waals surface area contributed by atoms with Gasteiger partial charge in [0, 0.05) is 5.39 Å². The predicted molar refractivity (Wildman–Crippen MR) is 53.1 cm³/mol. The van der Waals surface area contributed by atoms with Crippen LogP contribution < -0.4 is 4.74 Å². The molecule has 0 amide bonds. The van der Waals surface area contributed by atoms with E-state index in [-0.39, 0.29) is 5.82 Å². The van der Waals surface area contributed by atoms with Crippen LogP contribution in [0.3, 0.4) is 0 Å². The van der Waals surface area contributed by atoms with Gasteiger partial charge >= 0.3 is 0 Å². The van der Waals surface area contributed by atoms with Gasteiger partial charge in [0.2, 0.25) is 0 Å². The number of halogens is 1. The first kappa shape index (κ1) is 8.51. The van der Waals surface area contributed by atoms with Crippen LogP contribution >= 0.6 is 11.3 Å². The van der Waals surface area contributed by atoms with Gasteiger partial charge in [0.1, 0.15) is 11.6 Å². The van der Waals surface area contributed by atoms with E-state index in [4.69, 9.17) is 4.74 Å². The van der Waals surface area contributed by atoms with Crippen LogP contribution in [-0.2, 0) is 0 Å². The highest BCUT2D eigenvalue weighted by Gasteiger charge is 2.10. The van der Waals surface area contributed by atoms with Gasteiger partial charge in [-0.15, -0.1) is 11.3 Å². The number of aryl methyl sites for hydroxylation is 1. The van der Waals surface area contributed by atoms with Crippen molar-refractivity contribution < 1.29 is 9.13 Å². The first-order valence-corrected chi connectivity index (χ1v) is 4.82. The monoisotopic (exact) mass is 196 g/mol. The van der Waals surface area contributed by atoms with Gasteiger partial charge in [-0.05, 0) is 30.0 Å². The van der Waals surface area contributed by atoms with E-state index in [0.29, 0.717) is 5.39 Å². The summed E-state index contributed by atoms with van der Waals surface area (Å²) >= 11 is 1.50. The SMILES string of the molecule is COc1c(C)cc(F)c2ccsc12. The molecule has 68 valence electrons. The molecule has 0 saturated carbocycles. The minimum Gasteiger partial charge on any atom is -0.495 e. The summed E-state index contributed by atoms with van der Waals surface area (Å²) in [5.41, 5.74) is 0.843. The minimum absolute atomic E-state index is 0.172. The molecular formula is C10H9FOS. The lowest BCUT2D eigenvalue weighted by atomic mass is 10.1. The van der Waals surface area contributed by atoms with E-state index in [9.17, 15) is 4.39 Å². The molecule has 0 bridgehead atoms. The van der Waals surface area contributed by atoms with Crippen molar-refractivity contribution in [1.29, 1.82) is 0 Å². The highest BCUT2D eigenvalue weighted by atomic mass is 32.1. The topological polar surface area (TPSA) is 9.23 Å². The van der Waals surface area contributed by atoms with Crippen LogP contribution in [0.4, 0.5) is 4.39 Å². The summed E-state index contributed by atoms with van der Waals surface area (Å²) in [7, 11) is 1.61. The Bertz CT molecular complexity index is 447. The van der Waals surface area contributed by atoms with Crippen molar-refractivity contribution in [2.45, 2.75) is 6.92 Å². The molecule has 0 atom stereocenters. The van der Waals surface area contributed by atoms with Crippen LogP contribution in [-0.4, -0.2) is 7.11 Å². The van der Waals surface area contributed by atoms with Crippen molar-refractivity contribution in [2.75, 3.05) is 7.11 Å². The first-order chi connectivity index (χ1) is 6.24. The molecule has 1 aromatic carbocycles. The number of methoxy groups -OCH3 is 1. The molecule has 2 rings (SSSR count). The molecule has 1 aromatic heterocycles. The van der Waals surface area contributed by atoms with Gasteiger partial charge in [-0.1, -0.05) is 0 Å². The van der Waals surface area contributed by atoms with Crippen LogP contribution in [0, 0.1) is 12.7 Å². The molecule has 0 unspecified atom stereocenters. The lowest BCUT2D eigenvalue weighted by Crippen LogP contribution is -1.88. The molecule has 0 aliphatic rings. The van der Waals surface area contributed by atoms with Crippen LogP contribution in [0.1, 0.15) is 5.56 Å². The average Bonchev–Trinajstić information content (AvgIpc) is 2.53. The Balaban J connectivity index is 2.88. The second-order valence-corrected chi connectivity index (χ2v) is 3.79. The summed E-state index contributed by atoms with van der Waals surface area (Å²) in [5, 5.41) is 2.52. The Hall–Kier alpha value is -1.09. The lowest BCUT2D eigenvalue weighted by Gasteiger charge is -2.05. The zero-order valence-corrected chi connectivity index (χ0v) is 8.24. The first-order valence-electron chi connectivity index (χ1n) is 3.94. The maximum atomic E-state index is 13.3. The van der Waals surface area contributed by atoms with Crippen LogP contribution in [0.25, 0.3) is 10.1 Å². The zero-order chi connectivity index (χ0) is 9.42. The van der Waals surface area contributed by atoms with E-state index in [1.54, 1.807) is 13.2 Å². The number of hydrogen-bond acceptors (Lipinski definition) is 2. The van der Waals surface area contributed by atoms with Gasteiger partial charge in [-0.2, -0.15) is 0 Å². The third-order valence-electron chi connectivity index (χ3n) is 2.03. The zero-order valence-electron chi connectivity index (χ0n) is 7.43. The molecule has 0 spiro atoms. The fourth-order valence-electron chi connectivity index (χ4n) is 1.44. The molecule has 1 nitrogen and oxygen atoms in total. The summed E-state index contributed by atoms with van der Waals surface area (Å²) in [6, 6.07) is 3.28. The molecule has 1 heterocycles. The van der Waals surface area contributed by atoms with Gasteiger partial charge in [0.05, 0.1) is 11.8 Å². The highest BCUT2D eigenvalue weighted by Crippen LogP contribution is 2.35. The van der Waals surface area contributed by atoms with Gasteiger partial charge in [0.15, 0.2) is 0 Å². The summed E-state index contributed by atoms with van der Waals surface area (Å²) in [5.74, 6) is 0.612. The van der Waals surface area contributed by atoms with Gasteiger partial charge < -0.3 is 4.74 Å². The molecule has 0 fully saturated rings. The smallest absolute Gasteiger partial charge is 0.139 e. The molecule has 0 aliphatic carbocycles. The minimum atomic E-state index is -0.172. The summed E-state index contributed by atoms with van der Waals surface area (Å²) in [6.07, 6.45) is 0. The van der Waals surface area contributed by atoms with Crippen molar-refractivity contribution in [3.8, 4) is 5.75 Å². The van der Waals surface area contributed by atoms with E-state index >= 15 is 0 Å². The number of thiophene rings is 1. The van der Waals surface area contributed by atoms with Gasteiger partial charge in [-0.3, -0.25) is 0 Å². The largest absolute Gasteiger partial charge is 0.495 e. The van der Waals surface area contributed by atoms with Crippen molar-refractivity contribution in [3.63, 3.8) is 0 Å². The van der Waals surface area contributed by atoms with Crippen LogP contribution in [0.5, 0.6) is 5.75 Å². The Kier molecular flexibility index (Phi) is 1.96. The van der Waals surface area contributed by atoms with Crippen LogP contribution in [0.2, 0.25) is 0 Å². The van der Waals surface area contributed by atoms with Crippen molar-refractivity contribution in [2.24, 2.45) is 0 Å². The highest BCUT2D eigenvalue weighted by molar-refractivity contribution is 7.17. The molecular weight excluding hydrogens is 187 g/mol. The van der Waals surface area contributed by atoms with Crippen molar-refractivity contribution in [1.82, 2.24) is 0 Å². The second kappa shape index (κ2) is 3.00. The van der Waals surface area contributed by atoms with Crippen LogP contribution in [0.15, 0.2) is 17.5 Å². The summed E-state index contributed by atoms with van der Waals surface area (Å²) < 4.78 is 19.5. The van der Waals surface area contributed by atoms with Crippen molar-refractivity contribution in [3.05, 3.63) is 28.9 Å². The molecule has 0 saturated heterocycles.